The highest BCUT2D eigenvalue weighted by Gasteiger charge is 2.22. The van der Waals surface area contributed by atoms with Gasteiger partial charge >= 0.3 is 0 Å². The highest BCUT2D eigenvalue weighted by molar-refractivity contribution is 7.80. The Kier molecular flexibility index (Phi) is 4.66. The fourth-order valence-electron chi connectivity index (χ4n) is 2.59. The molecule has 0 amide bonds. The molecule has 1 atom stereocenters. The lowest BCUT2D eigenvalue weighted by molar-refractivity contribution is 0.314. The Morgan fingerprint density at radius 1 is 1.58 bits per heavy atom. The van der Waals surface area contributed by atoms with E-state index in [0.29, 0.717) is 16.1 Å². The minimum absolute atomic E-state index is 0.381. The Bertz CT molecular complexity index is 478. The predicted octanol–water partition coefficient (Wildman–Crippen LogP) is 2.50. The van der Waals surface area contributed by atoms with Crippen LogP contribution in [-0.4, -0.2) is 43.1 Å². The summed E-state index contributed by atoms with van der Waals surface area (Å²) in [7, 11) is 4.26. The summed E-state index contributed by atoms with van der Waals surface area (Å²) in [5.74, 6) is 0. The normalized spacial score (nSPS) is 19.6. The third-order valence-electron chi connectivity index (χ3n) is 3.80. The first-order valence-electron chi connectivity index (χ1n) is 6.50. The molecule has 1 aromatic rings. The summed E-state index contributed by atoms with van der Waals surface area (Å²) in [6, 6.07) is 6.37. The van der Waals surface area contributed by atoms with Crippen molar-refractivity contribution in [2.24, 2.45) is 5.73 Å². The molecule has 0 aromatic heterocycles. The maximum absolute atomic E-state index is 6.32. The molecule has 1 unspecified atom stereocenters. The molecule has 1 heterocycles. The highest BCUT2D eigenvalue weighted by atomic mass is 35.5. The van der Waals surface area contributed by atoms with E-state index >= 15 is 0 Å². The van der Waals surface area contributed by atoms with Gasteiger partial charge in [-0.2, -0.15) is 0 Å². The molecular weight excluding hydrogens is 278 g/mol. The quantitative estimate of drug-likeness (QED) is 0.866. The number of thiocarbonyl (C=S) groups is 1. The zero-order chi connectivity index (χ0) is 14.0. The first-order chi connectivity index (χ1) is 8.99. The molecule has 1 aromatic carbocycles. The second kappa shape index (κ2) is 6.07. The number of likely N-dealkylation sites (N-methyl/N-ethyl adjacent to an activating group) is 2. The van der Waals surface area contributed by atoms with Crippen molar-refractivity contribution in [2.75, 3.05) is 32.1 Å². The molecule has 3 nitrogen and oxygen atoms in total. The Morgan fingerprint density at radius 3 is 2.84 bits per heavy atom. The van der Waals surface area contributed by atoms with Gasteiger partial charge in [0.25, 0.3) is 0 Å². The number of nitrogens with two attached hydrogens (primary N) is 1. The van der Waals surface area contributed by atoms with Crippen molar-refractivity contribution in [2.45, 2.75) is 18.9 Å². The van der Waals surface area contributed by atoms with Gasteiger partial charge in [0.2, 0.25) is 0 Å². The third kappa shape index (κ3) is 3.38. The molecule has 19 heavy (non-hydrogen) atoms. The van der Waals surface area contributed by atoms with E-state index in [-0.39, 0.29) is 0 Å². The summed E-state index contributed by atoms with van der Waals surface area (Å²) in [6.45, 7) is 2.18. The molecule has 2 N–H and O–H groups in total. The van der Waals surface area contributed by atoms with Gasteiger partial charge in [-0.15, -0.1) is 0 Å². The fourth-order valence-corrected chi connectivity index (χ4v) is 3.05. The van der Waals surface area contributed by atoms with Gasteiger partial charge in [-0.25, -0.2) is 0 Å². The van der Waals surface area contributed by atoms with Crippen LogP contribution >= 0.6 is 23.8 Å². The van der Waals surface area contributed by atoms with Crippen molar-refractivity contribution >= 4 is 34.5 Å². The van der Waals surface area contributed by atoms with E-state index in [9.17, 15) is 0 Å². The number of anilines is 1. The van der Waals surface area contributed by atoms with Crippen molar-refractivity contribution < 1.29 is 0 Å². The van der Waals surface area contributed by atoms with Gasteiger partial charge in [-0.3, -0.25) is 0 Å². The van der Waals surface area contributed by atoms with Crippen LogP contribution in [0.2, 0.25) is 5.02 Å². The summed E-state index contributed by atoms with van der Waals surface area (Å²) >= 11 is 11.3. The lowest BCUT2D eigenvalue weighted by Crippen LogP contribution is -2.36. The molecule has 1 aliphatic rings. The van der Waals surface area contributed by atoms with E-state index in [1.54, 1.807) is 0 Å². The summed E-state index contributed by atoms with van der Waals surface area (Å²) in [4.78, 5) is 5.00. The van der Waals surface area contributed by atoms with Crippen molar-refractivity contribution in [3.05, 3.63) is 28.8 Å². The van der Waals surface area contributed by atoms with Gasteiger partial charge in [0, 0.05) is 25.2 Å². The van der Waals surface area contributed by atoms with Crippen LogP contribution in [0, 0.1) is 0 Å². The minimum atomic E-state index is 0.381. The average Bonchev–Trinajstić information content (AvgIpc) is 2.74. The number of hydrogen-bond acceptors (Lipinski definition) is 3. The van der Waals surface area contributed by atoms with E-state index in [1.807, 2.05) is 18.2 Å². The Hall–Kier alpha value is -0.840. The molecule has 0 saturated carbocycles. The topological polar surface area (TPSA) is 32.5 Å². The van der Waals surface area contributed by atoms with E-state index in [4.69, 9.17) is 29.6 Å². The zero-order valence-electron chi connectivity index (χ0n) is 11.4. The van der Waals surface area contributed by atoms with Crippen molar-refractivity contribution in [1.29, 1.82) is 0 Å². The van der Waals surface area contributed by atoms with Crippen LogP contribution in [0.1, 0.15) is 18.4 Å². The standard InChI is InChI=1S/C14H20ClN3S/c1-17-7-3-4-11(17)9-18(2)13-6-5-10(14(16)19)8-12(13)15/h5-6,8,11H,3-4,7,9H2,1-2H3,(H2,16,19). The van der Waals surface area contributed by atoms with Crippen LogP contribution in [0.15, 0.2) is 18.2 Å². The van der Waals surface area contributed by atoms with Gasteiger partial charge in [0.15, 0.2) is 0 Å². The van der Waals surface area contributed by atoms with Crippen LogP contribution in [0.25, 0.3) is 0 Å². The van der Waals surface area contributed by atoms with Crippen LogP contribution in [-0.2, 0) is 0 Å². The predicted molar refractivity (Wildman–Crippen MR) is 86.3 cm³/mol. The molecular formula is C14H20ClN3S. The lowest BCUT2D eigenvalue weighted by atomic mass is 10.1. The summed E-state index contributed by atoms with van der Waals surface area (Å²) in [5, 5.41) is 0.702. The molecule has 5 heteroatoms. The number of likely N-dealkylation sites (tertiary alicyclic amines) is 1. The molecule has 1 aliphatic heterocycles. The molecule has 1 saturated heterocycles. The molecule has 0 spiro atoms. The maximum Gasteiger partial charge on any atom is 0.104 e. The summed E-state index contributed by atoms with van der Waals surface area (Å²) in [5.41, 5.74) is 7.46. The second-order valence-corrected chi connectivity index (χ2v) is 6.03. The number of nitrogens with zero attached hydrogens (tertiary/aromatic N) is 2. The molecule has 104 valence electrons. The van der Waals surface area contributed by atoms with Gasteiger partial charge in [-0.05, 0) is 44.6 Å². The second-order valence-electron chi connectivity index (χ2n) is 5.19. The summed E-state index contributed by atoms with van der Waals surface area (Å²) < 4.78 is 0. The minimum Gasteiger partial charge on any atom is -0.389 e. The Balaban J connectivity index is 2.10. The van der Waals surface area contributed by atoms with Gasteiger partial charge in [-0.1, -0.05) is 23.8 Å². The van der Waals surface area contributed by atoms with Crippen molar-refractivity contribution in [3.63, 3.8) is 0 Å². The molecule has 0 radical (unpaired) electrons. The third-order valence-corrected chi connectivity index (χ3v) is 4.34. The zero-order valence-corrected chi connectivity index (χ0v) is 13.0. The molecule has 0 aliphatic carbocycles. The van der Waals surface area contributed by atoms with E-state index in [2.05, 4.69) is 23.9 Å². The van der Waals surface area contributed by atoms with Crippen LogP contribution < -0.4 is 10.6 Å². The van der Waals surface area contributed by atoms with Gasteiger partial charge in [0.1, 0.15) is 4.99 Å². The van der Waals surface area contributed by atoms with E-state index in [0.717, 1.165) is 17.8 Å². The van der Waals surface area contributed by atoms with Gasteiger partial charge < -0.3 is 15.5 Å². The van der Waals surface area contributed by atoms with Crippen LogP contribution in [0.3, 0.4) is 0 Å². The monoisotopic (exact) mass is 297 g/mol. The van der Waals surface area contributed by atoms with Crippen molar-refractivity contribution in [1.82, 2.24) is 4.90 Å². The number of benzene rings is 1. The van der Waals surface area contributed by atoms with Crippen molar-refractivity contribution in [3.8, 4) is 0 Å². The van der Waals surface area contributed by atoms with Crippen LogP contribution in [0.4, 0.5) is 5.69 Å². The van der Waals surface area contributed by atoms with Gasteiger partial charge in [0.05, 0.1) is 10.7 Å². The SMILES string of the molecule is CN(CC1CCCN1C)c1ccc(C(N)=S)cc1Cl. The number of hydrogen-bond donors (Lipinski definition) is 1. The maximum atomic E-state index is 6.32. The smallest absolute Gasteiger partial charge is 0.104 e. The molecule has 0 bridgehead atoms. The largest absolute Gasteiger partial charge is 0.389 e. The van der Waals surface area contributed by atoms with E-state index in [1.165, 1.54) is 19.4 Å². The molecule has 1 fully saturated rings. The van der Waals surface area contributed by atoms with Crippen LogP contribution in [0.5, 0.6) is 0 Å². The Morgan fingerprint density at radius 2 is 2.32 bits per heavy atom. The van der Waals surface area contributed by atoms with E-state index < -0.39 is 0 Å². The first kappa shape index (κ1) is 14.6. The highest BCUT2D eigenvalue weighted by Crippen LogP contribution is 2.27. The Labute approximate surface area is 125 Å². The summed E-state index contributed by atoms with van der Waals surface area (Å²) in [6.07, 6.45) is 2.53. The average molecular weight is 298 g/mol. The first-order valence-corrected chi connectivity index (χ1v) is 7.28. The number of halogens is 1. The fraction of sp³-hybridized carbons (Fsp3) is 0.500. The molecule has 2 rings (SSSR count). The number of rotatable bonds is 4. The lowest BCUT2D eigenvalue weighted by Gasteiger charge is -2.28.